The largest absolute Gasteiger partial charge is 0.346 e. The van der Waals surface area contributed by atoms with E-state index in [4.69, 9.17) is 23.2 Å². The summed E-state index contributed by atoms with van der Waals surface area (Å²) in [5, 5.41) is 3.26. The Bertz CT molecular complexity index is 366. The molecule has 74 valence electrons. The van der Waals surface area contributed by atoms with Crippen LogP contribution >= 0.6 is 23.2 Å². The van der Waals surface area contributed by atoms with Gasteiger partial charge in [-0.05, 0) is 17.7 Å². The molecule has 1 rings (SSSR count). The molecule has 0 unspecified atom stereocenters. The van der Waals surface area contributed by atoms with E-state index in [-0.39, 0.29) is 12.8 Å². The predicted molar refractivity (Wildman–Crippen MR) is 54.4 cm³/mol. The molecule has 1 N–H and O–H groups in total. The molecule has 0 saturated heterocycles. The molecule has 0 fully saturated rings. The van der Waals surface area contributed by atoms with Gasteiger partial charge in [0.25, 0.3) is 5.91 Å². The van der Waals surface area contributed by atoms with Crippen molar-refractivity contribution in [1.29, 1.82) is 0 Å². The van der Waals surface area contributed by atoms with Gasteiger partial charge in [-0.15, -0.1) is 0 Å². The van der Waals surface area contributed by atoms with Crippen LogP contribution < -0.4 is 5.32 Å². The predicted octanol–water partition coefficient (Wildman–Crippen LogP) is 1.81. The molecule has 1 aromatic rings. The molecule has 0 aliphatic heterocycles. The van der Waals surface area contributed by atoms with Gasteiger partial charge in [-0.3, -0.25) is 9.59 Å². The molecule has 0 saturated carbocycles. The Balaban J connectivity index is 2.64. The second kappa shape index (κ2) is 4.98. The van der Waals surface area contributed by atoms with Crippen molar-refractivity contribution in [2.24, 2.45) is 0 Å². The van der Waals surface area contributed by atoms with E-state index in [2.05, 4.69) is 5.32 Å². The van der Waals surface area contributed by atoms with E-state index >= 15 is 0 Å². The lowest BCUT2D eigenvalue weighted by atomic mass is 10.2. The van der Waals surface area contributed by atoms with Crippen LogP contribution in [0.25, 0.3) is 0 Å². The number of amides is 1. The molecule has 0 aliphatic carbocycles. The minimum atomic E-state index is -0.656. The number of halogens is 2. The van der Waals surface area contributed by atoms with Crippen molar-refractivity contribution >= 4 is 35.4 Å². The fourth-order valence-electron chi connectivity index (χ4n) is 0.880. The van der Waals surface area contributed by atoms with Gasteiger partial charge in [0.05, 0.1) is 10.0 Å². The highest BCUT2D eigenvalue weighted by atomic mass is 35.5. The first-order valence-electron chi connectivity index (χ1n) is 3.80. The SMILES string of the molecule is O=CC(=O)NCc1ccc(Cl)c(Cl)c1. The van der Waals surface area contributed by atoms with Gasteiger partial charge in [0, 0.05) is 6.54 Å². The number of rotatable bonds is 3. The molecule has 1 aromatic carbocycles. The minimum absolute atomic E-state index is 0.220. The smallest absolute Gasteiger partial charge is 0.284 e. The summed E-state index contributed by atoms with van der Waals surface area (Å²) in [4.78, 5) is 20.6. The van der Waals surface area contributed by atoms with Gasteiger partial charge >= 0.3 is 0 Å². The van der Waals surface area contributed by atoms with Crippen LogP contribution in [0.4, 0.5) is 0 Å². The average Bonchev–Trinajstić information content (AvgIpc) is 2.19. The number of hydrogen-bond donors (Lipinski definition) is 1. The molecule has 0 atom stereocenters. The molecule has 14 heavy (non-hydrogen) atoms. The van der Waals surface area contributed by atoms with Crippen molar-refractivity contribution < 1.29 is 9.59 Å². The van der Waals surface area contributed by atoms with Gasteiger partial charge in [0.1, 0.15) is 0 Å². The summed E-state index contributed by atoms with van der Waals surface area (Å²) in [5.41, 5.74) is 0.787. The Morgan fingerprint density at radius 2 is 2.07 bits per heavy atom. The molecular weight excluding hydrogens is 225 g/mol. The normalized spacial score (nSPS) is 9.57. The van der Waals surface area contributed by atoms with Crippen molar-refractivity contribution in [1.82, 2.24) is 5.32 Å². The quantitative estimate of drug-likeness (QED) is 0.638. The zero-order valence-electron chi connectivity index (χ0n) is 7.09. The van der Waals surface area contributed by atoms with E-state index in [1.54, 1.807) is 18.2 Å². The Kier molecular flexibility index (Phi) is 3.92. The van der Waals surface area contributed by atoms with Crippen LogP contribution in [0, 0.1) is 0 Å². The zero-order valence-corrected chi connectivity index (χ0v) is 8.60. The highest BCUT2D eigenvalue weighted by molar-refractivity contribution is 6.42. The van der Waals surface area contributed by atoms with E-state index in [0.29, 0.717) is 10.0 Å². The summed E-state index contributed by atoms with van der Waals surface area (Å²) >= 11 is 11.4. The molecule has 0 radical (unpaired) electrons. The molecule has 3 nitrogen and oxygen atoms in total. The van der Waals surface area contributed by atoms with Crippen molar-refractivity contribution in [2.75, 3.05) is 0 Å². The summed E-state index contributed by atoms with van der Waals surface area (Å²) in [6.07, 6.45) is 0.220. The minimum Gasteiger partial charge on any atom is -0.346 e. The van der Waals surface area contributed by atoms with Crippen LogP contribution in [0.2, 0.25) is 10.0 Å². The Hall–Kier alpha value is -1.06. The molecular formula is C9H7Cl2NO2. The van der Waals surface area contributed by atoms with E-state index in [9.17, 15) is 9.59 Å². The summed E-state index contributed by atoms with van der Waals surface area (Å²) in [6.45, 7) is 0.258. The molecule has 0 spiro atoms. The summed E-state index contributed by atoms with van der Waals surface area (Å²) in [7, 11) is 0. The first-order valence-corrected chi connectivity index (χ1v) is 4.56. The van der Waals surface area contributed by atoms with Gasteiger partial charge in [-0.25, -0.2) is 0 Å². The van der Waals surface area contributed by atoms with Crippen LogP contribution in [0.3, 0.4) is 0 Å². The fraction of sp³-hybridized carbons (Fsp3) is 0.111. The van der Waals surface area contributed by atoms with Gasteiger partial charge in [-0.2, -0.15) is 0 Å². The second-order valence-electron chi connectivity index (χ2n) is 2.58. The Labute approximate surface area is 91.0 Å². The number of benzene rings is 1. The zero-order chi connectivity index (χ0) is 10.6. The first kappa shape index (κ1) is 11.0. The summed E-state index contributed by atoms with van der Waals surface area (Å²) < 4.78 is 0. The molecule has 0 aromatic heterocycles. The van der Waals surface area contributed by atoms with Crippen molar-refractivity contribution in [3.05, 3.63) is 33.8 Å². The molecule has 0 bridgehead atoms. The van der Waals surface area contributed by atoms with Crippen LogP contribution in [0.1, 0.15) is 5.56 Å². The van der Waals surface area contributed by atoms with Crippen molar-refractivity contribution in [2.45, 2.75) is 6.54 Å². The topological polar surface area (TPSA) is 46.2 Å². The van der Waals surface area contributed by atoms with Crippen LogP contribution in [-0.2, 0) is 16.1 Å². The standard InChI is InChI=1S/C9H7Cl2NO2/c10-7-2-1-6(3-8(7)11)4-12-9(14)5-13/h1-3,5H,4H2,(H,12,14). The van der Waals surface area contributed by atoms with E-state index in [1.165, 1.54) is 0 Å². The fourth-order valence-corrected chi connectivity index (χ4v) is 1.20. The van der Waals surface area contributed by atoms with Gasteiger partial charge in [0.2, 0.25) is 6.29 Å². The lowest BCUT2D eigenvalue weighted by Gasteiger charge is -2.02. The van der Waals surface area contributed by atoms with Crippen LogP contribution in [0.5, 0.6) is 0 Å². The maximum atomic E-state index is 10.6. The average molecular weight is 232 g/mol. The maximum absolute atomic E-state index is 10.6. The molecule has 5 heteroatoms. The highest BCUT2D eigenvalue weighted by Gasteiger charge is 2.01. The monoisotopic (exact) mass is 231 g/mol. The van der Waals surface area contributed by atoms with E-state index in [1.807, 2.05) is 0 Å². The maximum Gasteiger partial charge on any atom is 0.284 e. The number of carbonyl (C=O) groups is 2. The van der Waals surface area contributed by atoms with Crippen molar-refractivity contribution in [3.8, 4) is 0 Å². The second-order valence-corrected chi connectivity index (χ2v) is 3.40. The van der Waals surface area contributed by atoms with Crippen molar-refractivity contribution in [3.63, 3.8) is 0 Å². The van der Waals surface area contributed by atoms with E-state index in [0.717, 1.165) is 5.56 Å². The summed E-state index contributed by atoms with van der Waals surface area (Å²) in [6, 6.07) is 4.99. The Morgan fingerprint density at radius 3 is 2.64 bits per heavy atom. The van der Waals surface area contributed by atoms with Gasteiger partial charge in [0.15, 0.2) is 0 Å². The molecule has 0 aliphatic rings. The lowest BCUT2D eigenvalue weighted by molar-refractivity contribution is -0.131. The molecule has 1 amide bonds. The third kappa shape index (κ3) is 3.01. The summed E-state index contributed by atoms with van der Waals surface area (Å²) in [5.74, 6) is -0.656. The lowest BCUT2D eigenvalue weighted by Crippen LogP contribution is -2.23. The number of carbonyl (C=O) groups excluding carboxylic acids is 2. The Morgan fingerprint density at radius 1 is 1.36 bits per heavy atom. The third-order valence-corrected chi connectivity index (χ3v) is 2.30. The van der Waals surface area contributed by atoms with Gasteiger partial charge in [-0.1, -0.05) is 29.3 Å². The number of hydrogen-bond acceptors (Lipinski definition) is 2. The molecule has 0 heterocycles. The van der Waals surface area contributed by atoms with Gasteiger partial charge < -0.3 is 5.32 Å². The van der Waals surface area contributed by atoms with Crippen LogP contribution in [-0.4, -0.2) is 12.2 Å². The number of aldehydes is 1. The first-order chi connectivity index (χ1) is 6.63. The van der Waals surface area contributed by atoms with E-state index < -0.39 is 5.91 Å². The van der Waals surface area contributed by atoms with Crippen LogP contribution in [0.15, 0.2) is 18.2 Å². The third-order valence-electron chi connectivity index (χ3n) is 1.56. The number of nitrogens with one attached hydrogen (secondary N) is 1. The highest BCUT2D eigenvalue weighted by Crippen LogP contribution is 2.22.